The minimum absolute atomic E-state index is 0. The summed E-state index contributed by atoms with van der Waals surface area (Å²) in [5, 5.41) is 0. The molecule has 3 nitrogen and oxygen atoms in total. The molecular formula is C12H25O3PS2Zn. The maximum atomic E-state index is 11.1. The summed E-state index contributed by atoms with van der Waals surface area (Å²) in [5.41, 5.74) is -3.75. The van der Waals surface area contributed by atoms with Crippen LogP contribution < -0.4 is 9.79 Å². The molecule has 0 bridgehead atoms. The summed E-state index contributed by atoms with van der Waals surface area (Å²) >= 11 is 5.20. The van der Waals surface area contributed by atoms with Crippen molar-refractivity contribution in [1.29, 1.82) is 0 Å². The van der Waals surface area contributed by atoms with Gasteiger partial charge in [-0.15, -0.1) is 23.2 Å². The molecule has 0 aromatic rings. The summed E-state index contributed by atoms with van der Waals surface area (Å²) in [5.74, 6) is 0.744. The number of hydrogen-bond acceptors (Lipinski definition) is 5. The molecule has 0 rings (SSSR count). The molecule has 0 aliphatic heterocycles. The fourth-order valence-electron chi connectivity index (χ4n) is 1.55. The third kappa shape index (κ3) is 14.2. The van der Waals surface area contributed by atoms with Gasteiger partial charge in [0.2, 0.25) is 0 Å². The predicted molar refractivity (Wildman–Crippen MR) is 79.8 cm³/mol. The Kier molecular flexibility index (Phi) is 13.3. The molecule has 0 fully saturated rings. The summed E-state index contributed by atoms with van der Waals surface area (Å²) in [6.07, 6.45) is 5.18. The van der Waals surface area contributed by atoms with Crippen molar-refractivity contribution in [3.05, 3.63) is 0 Å². The van der Waals surface area contributed by atoms with Gasteiger partial charge >= 0.3 is 19.5 Å². The maximum Gasteiger partial charge on any atom is 2.00 e. The fraction of sp³-hybridized carbons (Fsp3) is 1.00. The molecule has 0 aliphatic rings. The molecule has 7 heteroatoms. The fourth-order valence-corrected chi connectivity index (χ4v) is 5.67. The van der Waals surface area contributed by atoms with Crippen molar-refractivity contribution in [2.24, 2.45) is 5.92 Å². The number of hydrogen-bond donors (Lipinski definition) is 0. The maximum absolute atomic E-state index is 11.1. The zero-order valence-corrected chi connectivity index (χ0v) is 18.0. The Bertz CT molecular complexity index is 274. The van der Waals surface area contributed by atoms with E-state index in [2.05, 4.69) is 25.7 Å². The third-order valence-electron chi connectivity index (χ3n) is 2.78. The van der Waals surface area contributed by atoms with Crippen LogP contribution in [0.15, 0.2) is 0 Å². The first-order valence-corrected chi connectivity index (χ1v) is 10.6. The van der Waals surface area contributed by atoms with Crippen molar-refractivity contribution in [2.45, 2.75) is 64.7 Å². The molecule has 0 N–H and O–H groups in total. The SMILES string of the molecule is CCC(C)(OCCCCCC(C)C)SP([O-])([O-])=S.[Zn+2]. The van der Waals surface area contributed by atoms with Gasteiger partial charge < -0.3 is 14.5 Å². The first-order valence-electron chi connectivity index (χ1n) is 6.55. The summed E-state index contributed by atoms with van der Waals surface area (Å²) in [4.78, 5) is 21.6. The van der Waals surface area contributed by atoms with Crippen LogP contribution in [0.25, 0.3) is 0 Å². The van der Waals surface area contributed by atoms with E-state index in [-0.39, 0.29) is 19.5 Å². The summed E-state index contributed by atoms with van der Waals surface area (Å²) < 4.78 is 5.69. The van der Waals surface area contributed by atoms with Gasteiger partial charge in [0.25, 0.3) is 0 Å². The molecule has 19 heavy (non-hydrogen) atoms. The smallest absolute Gasteiger partial charge is 0.825 e. The van der Waals surface area contributed by atoms with E-state index < -0.39 is 10.6 Å². The van der Waals surface area contributed by atoms with E-state index in [1.165, 1.54) is 12.8 Å². The minimum atomic E-state index is -3.75. The van der Waals surface area contributed by atoms with Crippen LogP contribution in [0.1, 0.15) is 59.8 Å². The Labute approximate surface area is 140 Å². The van der Waals surface area contributed by atoms with Crippen LogP contribution in [0.4, 0.5) is 0 Å². The van der Waals surface area contributed by atoms with E-state index in [9.17, 15) is 9.79 Å². The first kappa shape index (κ1) is 22.8. The number of unbranched alkanes of at least 4 members (excludes halogenated alkanes) is 2. The van der Waals surface area contributed by atoms with Crippen molar-refractivity contribution < 1.29 is 34.0 Å². The van der Waals surface area contributed by atoms with Gasteiger partial charge in [0.15, 0.2) is 0 Å². The Morgan fingerprint density at radius 3 is 2.26 bits per heavy atom. The van der Waals surface area contributed by atoms with Gasteiger partial charge in [-0.3, -0.25) is 0 Å². The molecule has 0 spiro atoms. The zero-order valence-electron chi connectivity index (χ0n) is 12.5. The second-order valence-corrected chi connectivity index (χ2v) is 11.2. The summed E-state index contributed by atoms with van der Waals surface area (Å²) in [6.45, 7) is 8.75. The molecule has 0 aromatic carbocycles. The monoisotopic (exact) mass is 376 g/mol. The zero-order chi connectivity index (χ0) is 14.2. The molecule has 0 saturated heterocycles. The summed E-state index contributed by atoms with van der Waals surface area (Å²) in [7, 11) is 0. The van der Waals surface area contributed by atoms with Gasteiger partial charge in [-0.1, -0.05) is 40.0 Å². The van der Waals surface area contributed by atoms with E-state index >= 15 is 0 Å². The van der Waals surface area contributed by atoms with Crippen LogP contribution in [-0.2, 0) is 36.0 Å². The molecule has 110 valence electrons. The van der Waals surface area contributed by atoms with Crippen LogP contribution in [0.2, 0.25) is 0 Å². The second kappa shape index (κ2) is 11.1. The molecule has 1 unspecified atom stereocenters. The van der Waals surface area contributed by atoms with E-state index in [1.807, 2.05) is 6.92 Å². The van der Waals surface area contributed by atoms with Gasteiger partial charge in [-0.2, -0.15) is 5.69 Å². The van der Waals surface area contributed by atoms with Gasteiger partial charge in [-0.25, -0.2) is 0 Å². The first-order chi connectivity index (χ1) is 8.18. The van der Waals surface area contributed by atoms with Crippen LogP contribution in [0, 0.1) is 5.92 Å². The topological polar surface area (TPSA) is 55.3 Å². The molecule has 0 saturated carbocycles. The number of ether oxygens (including phenoxy) is 1. The van der Waals surface area contributed by atoms with E-state index in [0.29, 0.717) is 13.0 Å². The average molecular weight is 378 g/mol. The Morgan fingerprint density at radius 2 is 1.84 bits per heavy atom. The Morgan fingerprint density at radius 1 is 1.26 bits per heavy atom. The number of rotatable bonds is 10. The van der Waals surface area contributed by atoms with E-state index in [1.54, 1.807) is 6.92 Å². The van der Waals surface area contributed by atoms with Crippen molar-refractivity contribution in [3.63, 3.8) is 0 Å². The van der Waals surface area contributed by atoms with Crippen LogP contribution in [0.5, 0.6) is 0 Å². The average Bonchev–Trinajstić information content (AvgIpc) is 2.20. The van der Waals surface area contributed by atoms with Crippen molar-refractivity contribution in [3.8, 4) is 0 Å². The van der Waals surface area contributed by atoms with Gasteiger partial charge in [0.1, 0.15) is 4.93 Å². The normalized spacial score (nSPS) is 15.1. The van der Waals surface area contributed by atoms with Crippen LogP contribution in [0.3, 0.4) is 0 Å². The van der Waals surface area contributed by atoms with Gasteiger partial charge in [0.05, 0.1) is 0 Å². The van der Waals surface area contributed by atoms with E-state index in [4.69, 9.17) is 4.74 Å². The molecule has 0 aromatic heterocycles. The molecule has 0 amide bonds. The van der Waals surface area contributed by atoms with Crippen LogP contribution in [-0.4, -0.2) is 11.5 Å². The molecule has 0 heterocycles. The van der Waals surface area contributed by atoms with E-state index in [0.717, 1.165) is 30.1 Å². The molecule has 0 aliphatic carbocycles. The second-order valence-electron chi connectivity index (χ2n) is 5.12. The minimum Gasteiger partial charge on any atom is -0.825 e. The van der Waals surface area contributed by atoms with Gasteiger partial charge in [0, 0.05) is 6.61 Å². The predicted octanol–water partition coefficient (Wildman–Crippen LogP) is 3.02. The largest absolute Gasteiger partial charge is 2.00 e. The molecule has 1 atom stereocenters. The van der Waals surface area contributed by atoms with Gasteiger partial charge in [-0.05, 0) is 25.7 Å². The Balaban J connectivity index is 0. The molecular weight excluding hydrogens is 353 g/mol. The van der Waals surface area contributed by atoms with Crippen molar-refractivity contribution in [1.82, 2.24) is 0 Å². The standard InChI is InChI=1S/C12H27O3PS2.Zn/c1-5-12(4,18-16(13,14)17)15-10-8-6-7-9-11(2)3;/h11H,5-10H2,1-4H3,(H2,13,14,17);/q;+2/p-2. The molecule has 0 radical (unpaired) electrons. The summed E-state index contributed by atoms with van der Waals surface area (Å²) in [6, 6.07) is 0. The van der Waals surface area contributed by atoms with Crippen molar-refractivity contribution in [2.75, 3.05) is 6.61 Å². The quantitative estimate of drug-likeness (QED) is 0.253. The third-order valence-corrected chi connectivity index (χ3v) is 6.30. The van der Waals surface area contributed by atoms with Crippen molar-refractivity contribution >= 4 is 28.9 Å². The van der Waals surface area contributed by atoms with Crippen LogP contribution >= 0.6 is 17.1 Å². The Hall–Kier alpha value is 1.50.